The fourth-order valence-corrected chi connectivity index (χ4v) is 3.18. The fourth-order valence-electron chi connectivity index (χ4n) is 3.18. The van der Waals surface area contributed by atoms with Gasteiger partial charge >= 0.3 is 0 Å². The number of rotatable bonds is 5. The summed E-state index contributed by atoms with van der Waals surface area (Å²) in [6.07, 6.45) is 1.68. The molecule has 140 valence electrons. The molecule has 1 amide bonds. The van der Waals surface area contributed by atoms with E-state index in [0.717, 1.165) is 22.3 Å². The van der Waals surface area contributed by atoms with Crippen LogP contribution in [-0.4, -0.2) is 18.0 Å². The lowest BCUT2D eigenvalue weighted by molar-refractivity contribution is 0.0959. The molecule has 2 aromatic carbocycles. The summed E-state index contributed by atoms with van der Waals surface area (Å²) in [7, 11) is 1.63. The molecule has 0 unspecified atom stereocenters. The molecule has 5 heteroatoms. The summed E-state index contributed by atoms with van der Waals surface area (Å²) in [6.45, 7) is 2.28. The van der Waals surface area contributed by atoms with Crippen molar-refractivity contribution in [2.45, 2.75) is 13.5 Å². The molecular weight excluding hydrogens is 352 g/mol. The number of anilines is 1. The van der Waals surface area contributed by atoms with E-state index in [1.807, 2.05) is 73.7 Å². The Labute approximate surface area is 163 Å². The number of hydrogen-bond acceptors (Lipinski definition) is 4. The maximum Gasteiger partial charge on any atom is 0.295 e. The maximum atomic E-state index is 13.4. The van der Waals surface area contributed by atoms with Crippen molar-refractivity contribution in [1.82, 2.24) is 4.98 Å². The Bertz CT molecular complexity index is 1100. The van der Waals surface area contributed by atoms with Crippen molar-refractivity contribution in [2.24, 2.45) is 0 Å². The Kier molecular flexibility index (Phi) is 4.81. The summed E-state index contributed by atoms with van der Waals surface area (Å²) in [5.41, 5.74) is 2.50. The van der Waals surface area contributed by atoms with Gasteiger partial charge in [0.15, 0.2) is 5.76 Å². The number of para-hydroxylation sites is 1. The van der Waals surface area contributed by atoms with Crippen molar-refractivity contribution in [1.29, 1.82) is 0 Å². The number of benzene rings is 2. The van der Waals surface area contributed by atoms with E-state index in [0.29, 0.717) is 23.7 Å². The highest BCUT2D eigenvalue weighted by molar-refractivity contribution is 6.07. The van der Waals surface area contributed by atoms with E-state index in [9.17, 15) is 4.79 Å². The minimum atomic E-state index is -0.219. The third-order valence-electron chi connectivity index (χ3n) is 4.71. The molecule has 0 saturated carbocycles. The summed E-state index contributed by atoms with van der Waals surface area (Å²) < 4.78 is 11.1. The highest BCUT2D eigenvalue weighted by Gasteiger charge is 2.25. The molecular formula is C23H20N2O3. The molecule has 4 rings (SSSR count). The number of aryl methyl sites for hydroxylation is 1. The Morgan fingerprint density at radius 3 is 2.46 bits per heavy atom. The van der Waals surface area contributed by atoms with E-state index < -0.39 is 0 Å². The van der Waals surface area contributed by atoms with E-state index >= 15 is 0 Å². The van der Waals surface area contributed by atoms with Crippen LogP contribution in [0.15, 0.2) is 77.3 Å². The number of furan rings is 1. The molecule has 28 heavy (non-hydrogen) atoms. The second-order valence-electron chi connectivity index (χ2n) is 6.48. The number of nitrogens with zero attached hydrogens (tertiary/aromatic N) is 2. The van der Waals surface area contributed by atoms with Gasteiger partial charge in [-0.3, -0.25) is 9.69 Å². The SMILES string of the molecule is COc1ccc(CN(C(=O)c2oc3ccccc3c2C)c2ccccn2)cc1. The molecule has 0 atom stereocenters. The Balaban J connectivity index is 1.73. The first-order valence-corrected chi connectivity index (χ1v) is 9.01. The summed E-state index contributed by atoms with van der Waals surface area (Å²) in [6, 6.07) is 20.8. The van der Waals surface area contributed by atoms with Crippen LogP contribution in [0.3, 0.4) is 0 Å². The van der Waals surface area contributed by atoms with Crippen LogP contribution in [0.4, 0.5) is 5.82 Å². The molecule has 5 nitrogen and oxygen atoms in total. The highest BCUT2D eigenvalue weighted by Crippen LogP contribution is 2.28. The standard InChI is InChI=1S/C23H20N2O3/c1-16-19-7-3-4-8-20(19)28-22(16)23(26)25(21-9-5-6-14-24-21)15-17-10-12-18(27-2)13-11-17/h3-14H,15H2,1-2H3. The minimum absolute atomic E-state index is 0.219. The normalized spacial score (nSPS) is 10.8. The van der Waals surface area contributed by atoms with Crippen LogP contribution in [0.1, 0.15) is 21.7 Å². The molecule has 0 aliphatic heterocycles. The largest absolute Gasteiger partial charge is 0.497 e. The third kappa shape index (κ3) is 3.34. The Morgan fingerprint density at radius 1 is 1.04 bits per heavy atom. The number of fused-ring (bicyclic) bond motifs is 1. The van der Waals surface area contributed by atoms with Gasteiger partial charge in [-0.2, -0.15) is 0 Å². The van der Waals surface area contributed by atoms with E-state index in [1.54, 1.807) is 18.2 Å². The van der Waals surface area contributed by atoms with Gasteiger partial charge in [0.05, 0.1) is 13.7 Å². The minimum Gasteiger partial charge on any atom is -0.497 e. The second kappa shape index (κ2) is 7.56. The van der Waals surface area contributed by atoms with E-state index in [4.69, 9.17) is 9.15 Å². The number of aromatic nitrogens is 1. The molecule has 2 aromatic heterocycles. The average molecular weight is 372 g/mol. The van der Waals surface area contributed by atoms with Gasteiger partial charge in [-0.25, -0.2) is 4.98 Å². The van der Waals surface area contributed by atoms with Gasteiger partial charge in [-0.15, -0.1) is 0 Å². The van der Waals surface area contributed by atoms with Crippen molar-refractivity contribution in [2.75, 3.05) is 12.0 Å². The monoisotopic (exact) mass is 372 g/mol. The van der Waals surface area contributed by atoms with Gasteiger partial charge in [0.25, 0.3) is 5.91 Å². The molecule has 0 radical (unpaired) electrons. The zero-order valence-corrected chi connectivity index (χ0v) is 15.8. The van der Waals surface area contributed by atoms with E-state index in [2.05, 4.69) is 4.98 Å². The predicted molar refractivity (Wildman–Crippen MR) is 109 cm³/mol. The summed E-state index contributed by atoms with van der Waals surface area (Å²) in [5.74, 6) is 1.46. The maximum absolute atomic E-state index is 13.4. The van der Waals surface area contributed by atoms with Gasteiger partial charge in [-0.05, 0) is 42.8 Å². The van der Waals surface area contributed by atoms with Crippen molar-refractivity contribution in [3.05, 3.63) is 89.8 Å². The first-order chi connectivity index (χ1) is 13.7. The number of pyridine rings is 1. The van der Waals surface area contributed by atoms with Crippen molar-refractivity contribution >= 4 is 22.7 Å². The Morgan fingerprint density at radius 2 is 1.79 bits per heavy atom. The van der Waals surface area contributed by atoms with Gasteiger partial charge in [0, 0.05) is 17.1 Å². The summed E-state index contributed by atoms with van der Waals surface area (Å²) >= 11 is 0. The van der Waals surface area contributed by atoms with Gasteiger partial charge in [-0.1, -0.05) is 36.4 Å². The van der Waals surface area contributed by atoms with Crippen molar-refractivity contribution in [3.8, 4) is 5.75 Å². The number of hydrogen-bond donors (Lipinski definition) is 0. The van der Waals surface area contributed by atoms with Crippen LogP contribution >= 0.6 is 0 Å². The molecule has 0 spiro atoms. The number of ether oxygens (including phenoxy) is 1. The first kappa shape index (κ1) is 17.8. The molecule has 4 aromatic rings. The summed E-state index contributed by atoms with van der Waals surface area (Å²) in [4.78, 5) is 19.4. The van der Waals surface area contributed by atoms with Crippen LogP contribution in [0.2, 0.25) is 0 Å². The molecule has 0 aliphatic carbocycles. The smallest absolute Gasteiger partial charge is 0.295 e. The van der Waals surface area contributed by atoms with Crippen LogP contribution in [0.5, 0.6) is 5.75 Å². The predicted octanol–water partition coefficient (Wildman–Crippen LogP) is 4.99. The number of carbonyl (C=O) groups is 1. The lowest BCUT2D eigenvalue weighted by atomic mass is 10.1. The third-order valence-corrected chi connectivity index (χ3v) is 4.71. The first-order valence-electron chi connectivity index (χ1n) is 9.01. The van der Waals surface area contributed by atoms with Gasteiger partial charge < -0.3 is 9.15 Å². The molecule has 0 saturated heterocycles. The molecule has 0 bridgehead atoms. The van der Waals surface area contributed by atoms with E-state index in [-0.39, 0.29) is 5.91 Å². The van der Waals surface area contributed by atoms with Gasteiger partial charge in [0.1, 0.15) is 17.2 Å². The van der Waals surface area contributed by atoms with Gasteiger partial charge in [0.2, 0.25) is 0 Å². The molecule has 0 aliphatic rings. The lowest BCUT2D eigenvalue weighted by Gasteiger charge is -2.21. The van der Waals surface area contributed by atoms with Crippen LogP contribution in [0.25, 0.3) is 11.0 Å². The Hall–Kier alpha value is -3.60. The lowest BCUT2D eigenvalue weighted by Crippen LogP contribution is -2.31. The van der Waals surface area contributed by atoms with Crippen LogP contribution < -0.4 is 9.64 Å². The quantitative estimate of drug-likeness (QED) is 0.495. The fraction of sp³-hybridized carbons (Fsp3) is 0.130. The molecule has 0 N–H and O–H groups in total. The van der Waals surface area contributed by atoms with Crippen molar-refractivity contribution in [3.63, 3.8) is 0 Å². The highest BCUT2D eigenvalue weighted by atomic mass is 16.5. The van der Waals surface area contributed by atoms with Crippen LogP contribution in [-0.2, 0) is 6.54 Å². The topological polar surface area (TPSA) is 55.6 Å². The second-order valence-corrected chi connectivity index (χ2v) is 6.48. The van der Waals surface area contributed by atoms with Crippen LogP contribution in [0, 0.1) is 6.92 Å². The number of amides is 1. The molecule has 0 fully saturated rings. The zero-order chi connectivity index (χ0) is 19.5. The average Bonchev–Trinajstić information content (AvgIpc) is 3.09. The number of carbonyl (C=O) groups excluding carboxylic acids is 1. The number of methoxy groups -OCH3 is 1. The summed E-state index contributed by atoms with van der Waals surface area (Å²) in [5, 5.41) is 0.941. The molecule has 2 heterocycles. The van der Waals surface area contributed by atoms with Crippen molar-refractivity contribution < 1.29 is 13.9 Å². The van der Waals surface area contributed by atoms with E-state index in [1.165, 1.54) is 0 Å². The zero-order valence-electron chi connectivity index (χ0n) is 15.8.